The topological polar surface area (TPSA) is 49.4 Å². The number of hydrogen-bond donors (Lipinski definition) is 1. The van der Waals surface area contributed by atoms with Gasteiger partial charge in [0.2, 0.25) is 11.8 Å². The van der Waals surface area contributed by atoms with E-state index in [-0.39, 0.29) is 29.1 Å². The summed E-state index contributed by atoms with van der Waals surface area (Å²) in [5.41, 5.74) is 2.44. The highest BCUT2D eigenvalue weighted by Crippen LogP contribution is 2.24. The lowest BCUT2D eigenvalue weighted by Crippen LogP contribution is -2.48. The van der Waals surface area contributed by atoms with E-state index in [2.05, 4.69) is 5.32 Å². The number of likely N-dealkylation sites (N-methyl/N-ethyl adjacent to an activating group) is 1. The average Bonchev–Trinajstić information content (AvgIpc) is 2.69. The van der Waals surface area contributed by atoms with Crippen molar-refractivity contribution in [2.45, 2.75) is 38.6 Å². The number of rotatable bonds is 9. The lowest BCUT2D eigenvalue weighted by atomic mass is 10.1. The molecule has 29 heavy (non-hydrogen) atoms. The number of carbonyl (C=O) groups excluding carboxylic acids is 2. The van der Waals surface area contributed by atoms with Gasteiger partial charge in [-0.15, -0.1) is 11.8 Å². The van der Waals surface area contributed by atoms with Gasteiger partial charge in [0.05, 0.1) is 5.75 Å². The Bertz CT molecular complexity index is 842. The van der Waals surface area contributed by atoms with E-state index < -0.39 is 6.04 Å². The molecule has 2 aromatic rings. The van der Waals surface area contributed by atoms with E-state index in [1.807, 2.05) is 38.1 Å². The van der Waals surface area contributed by atoms with Crippen molar-refractivity contribution in [3.63, 3.8) is 0 Å². The van der Waals surface area contributed by atoms with Crippen molar-refractivity contribution >= 4 is 35.2 Å². The highest BCUT2D eigenvalue weighted by molar-refractivity contribution is 7.99. The van der Waals surface area contributed by atoms with Gasteiger partial charge in [-0.25, -0.2) is 4.39 Å². The number of nitrogens with zero attached hydrogens (tertiary/aromatic N) is 1. The summed E-state index contributed by atoms with van der Waals surface area (Å²) in [6.45, 7) is 4.20. The maximum atomic E-state index is 13.9. The molecule has 0 spiro atoms. The van der Waals surface area contributed by atoms with Gasteiger partial charge in [-0.2, -0.15) is 0 Å². The smallest absolute Gasteiger partial charge is 0.242 e. The molecule has 0 saturated heterocycles. The molecule has 1 N–H and O–H groups in total. The van der Waals surface area contributed by atoms with E-state index in [9.17, 15) is 14.0 Å². The highest BCUT2D eigenvalue weighted by atomic mass is 35.5. The van der Waals surface area contributed by atoms with Crippen LogP contribution in [0, 0.1) is 12.7 Å². The van der Waals surface area contributed by atoms with Crippen LogP contribution in [0.4, 0.5) is 4.39 Å². The lowest BCUT2D eigenvalue weighted by Gasteiger charge is -2.30. The molecule has 2 amide bonds. The molecule has 0 fully saturated rings. The number of hydrogen-bond acceptors (Lipinski definition) is 3. The number of thioether (sulfide) groups is 1. The van der Waals surface area contributed by atoms with Crippen LogP contribution in [0.15, 0.2) is 42.5 Å². The minimum atomic E-state index is -0.564. The zero-order chi connectivity index (χ0) is 21.4. The molecule has 0 aliphatic rings. The van der Waals surface area contributed by atoms with Crippen molar-refractivity contribution in [2.24, 2.45) is 0 Å². The second-order valence-electron chi connectivity index (χ2n) is 6.74. The number of carbonyl (C=O) groups is 2. The standard InChI is InChI=1S/C22H26ClFN2O2S/c1-4-20(22(28)25-3)26(12-16-8-5-7-15(2)11-16)21(27)14-29-13-17-18(23)9-6-10-19(17)24/h5-11,20H,4,12-14H2,1-3H3,(H,25,28). The summed E-state index contributed by atoms with van der Waals surface area (Å²) in [5, 5.41) is 2.98. The fourth-order valence-electron chi connectivity index (χ4n) is 3.09. The number of amides is 2. The van der Waals surface area contributed by atoms with E-state index >= 15 is 0 Å². The van der Waals surface area contributed by atoms with E-state index in [0.29, 0.717) is 23.6 Å². The van der Waals surface area contributed by atoms with Gasteiger partial charge < -0.3 is 10.2 Å². The molecule has 0 radical (unpaired) electrons. The largest absolute Gasteiger partial charge is 0.357 e. The first-order valence-corrected chi connectivity index (χ1v) is 11.0. The highest BCUT2D eigenvalue weighted by Gasteiger charge is 2.28. The number of nitrogens with one attached hydrogen (secondary N) is 1. The van der Waals surface area contributed by atoms with Crippen LogP contribution in [0.1, 0.15) is 30.0 Å². The SMILES string of the molecule is CCC(C(=O)NC)N(Cc1cccc(C)c1)C(=O)CSCc1c(F)cccc1Cl. The quantitative estimate of drug-likeness (QED) is 0.626. The molecule has 4 nitrogen and oxygen atoms in total. The zero-order valence-corrected chi connectivity index (χ0v) is 18.4. The second kappa shape index (κ2) is 11.2. The molecule has 0 saturated carbocycles. The molecule has 0 aromatic heterocycles. The van der Waals surface area contributed by atoms with Crippen molar-refractivity contribution in [3.05, 3.63) is 70.0 Å². The summed E-state index contributed by atoms with van der Waals surface area (Å²) in [6.07, 6.45) is 0.501. The van der Waals surface area contributed by atoms with Gasteiger partial charge in [0, 0.05) is 29.9 Å². The van der Waals surface area contributed by atoms with Crippen LogP contribution in [0.25, 0.3) is 0 Å². The van der Waals surface area contributed by atoms with Crippen molar-refractivity contribution in [2.75, 3.05) is 12.8 Å². The molecule has 156 valence electrons. The monoisotopic (exact) mass is 436 g/mol. The normalized spacial score (nSPS) is 11.8. The maximum absolute atomic E-state index is 13.9. The van der Waals surface area contributed by atoms with Gasteiger partial charge in [-0.1, -0.05) is 54.4 Å². The van der Waals surface area contributed by atoms with Gasteiger partial charge in [0.25, 0.3) is 0 Å². The van der Waals surface area contributed by atoms with Crippen LogP contribution in [0.3, 0.4) is 0 Å². The van der Waals surface area contributed by atoms with Crippen LogP contribution < -0.4 is 5.32 Å². The number of aryl methyl sites for hydroxylation is 1. The third-order valence-corrected chi connectivity index (χ3v) is 5.90. The molecule has 2 rings (SSSR count). The molecule has 0 aliphatic carbocycles. The summed E-state index contributed by atoms with van der Waals surface area (Å²) in [6, 6.07) is 11.8. The van der Waals surface area contributed by atoms with Gasteiger partial charge in [-0.3, -0.25) is 9.59 Å². The molecular formula is C22H26ClFN2O2S. The predicted octanol–water partition coefficient (Wildman–Crippen LogP) is 4.57. The Morgan fingerprint density at radius 3 is 2.59 bits per heavy atom. The van der Waals surface area contributed by atoms with Gasteiger partial charge in [0.15, 0.2) is 0 Å². The first-order valence-electron chi connectivity index (χ1n) is 9.44. The van der Waals surface area contributed by atoms with Crippen LogP contribution in [0.5, 0.6) is 0 Å². The summed E-state index contributed by atoms with van der Waals surface area (Å²) in [4.78, 5) is 27.0. The number of halogens is 2. The van der Waals surface area contributed by atoms with Crippen LogP contribution in [-0.4, -0.2) is 35.6 Å². The zero-order valence-electron chi connectivity index (χ0n) is 16.9. The van der Waals surface area contributed by atoms with E-state index in [4.69, 9.17) is 11.6 Å². The van der Waals surface area contributed by atoms with E-state index in [0.717, 1.165) is 11.1 Å². The molecule has 1 atom stereocenters. The third kappa shape index (κ3) is 6.47. The van der Waals surface area contributed by atoms with Gasteiger partial charge in [0.1, 0.15) is 11.9 Å². The first kappa shape index (κ1) is 23.2. The minimum absolute atomic E-state index is 0.129. The fraction of sp³-hybridized carbons (Fsp3) is 0.364. The van der Waals surface area contributed by atoms with Gasteiger partial charge in [-0.05, 0) is 31.0 Å². The third-order valence-electron chi connectivity index (χ3n) is 4.60. The summed E-state index contributed by atoms with van der Waals surface area (Å²) in [5.74, 6) is -0.336. The predicted molar refractivity (Wildman–Crippen MR) is 117 cm³/mol. The van der Waals surface area contributed by atoms with E-state index in [1.54, 1.807) is 24.1 Å². The maximum Gasteiger partial charge on any atom is 0.242 e. The van der Waals surface area contributed by atoms with Crippen molar-refractivity contribution in [3.8, 4) is 0 Å². The Kier molecular flexibility index (Phi) is 8.99. The Balaban J connectivity index is 2.14. The Morgan fingerprint density at radius 2 is 1.97 bits per heavy atom. The Morgan fingerprint density at radius 1 is 1.24 bits per heavy atom. The van der Waals surface area contributed by atoms with Crippen molar-refractivity contribution < 1.29 is 14.0 Å². The average molecular weight is 437 g/mol. The molecule has 2 aromatic carbocycles. The summed E-state index contributed by atoms with van der Waals surface area (Å²) in [7, 11) is 1.56. The summed E-state index contributed by atoms with van der Waals surface area (Å²) < 4.78 is 13.9. The Labute approximate surface area is 180 Å². The second-order valence-corrected chi connectivity index (χ2v) is 8.13. The molecule has 1 unspecified atom stereocenters. The number of benzene rings is 2. The Hall–Kier alpha value is -2.05. The van der Waals surface area contributed by atoms with E-state index in [1.165, 1.54) is 17.8 Å². The van der Waals surface area contributed by atoms with Crippen LogP contribution >= 0.6 is 23.4 Å². The lowest BCUT2D eigenvalue weighted by molar-refractivity contribution is -0.139. The molecule has 0 heterocycles. The fourth-order valence-corrected chi connectivity index (χ4v) is 4.34. The minimum Gasteiger partial charge on any atom is -0.357 e. The molecule has 0 aliphatic heterocycles. The molecular weight excluding hydrogens is 411 g/mol. The molecule has 7 heteroatoms. The van der Waals surface area contributed by atoms with Crippen molar-refractivity contribution in [1.29, 1.82) is 0 Å². The summed E-state index contributed by atoms with van der Waals surface area (Å²) >= 11 is 7.35. The van der Waals surface area contributed by atoms with Crippen molar-refractivity contribution in [1.82, 2.24) is 10.2 Å². The van der Waals surface area contributed by atoms with Crippen LogP contribution in [0.2, 0.25) is 5.02 Å². The van der Waals surface area contributed by atoms with Crippen LogP contribution in [-0.2, 0) is 21.9 Å². The van der Waals surface area contributed by atoms with Gasteiger partial charge >= 0.3 is 0 Å². The first-order chi connectivity index (χ1) is 13.9. The molecule has 0 bridgehead atoms.